The maximum Gasteiger partial charge on any atom is 0.407 e. The molecule has 1 N–H and O–H groups in total. The molecule has 0 radical (unpaired) electrons. The monoisotopic (exact) mass is 309 g/mol. The Bertz CT molecular complexity index is 526. The van der Waals surface area contributed by atoms with Crippen molar-refractivity contribution in [3.63, 3.8) is 0 Å². The summed E-state index contributed by atoms with van der Waals surface area (Å²) >= 11 is 0. The highest BCUT2D eigenvalue weighted by atomic mass is 16.5. The zero-order valence-corrected chi connectivity index (χ0v) is 13.7. The number of benzene rings is 1. The van der Waals surface area contributed by atoms with Crippen molar-refractivity contribution in [2.24, 2.45) is 5.41 Å². The number of carbonyl (C=O) groups excluding carboxylic acids is 1. The number of hydrogen-bond donors (Lipinski definition) is 1. The van der Waals surface area contributed by atoms with E-state index in [9.17, 15) is 14.7 Å². The van der Waals surface area contributed by atoms with Crippen LogP contribution in [0.25, 0.3) is 0 Å². The molecule has 1 rings (SSSR count). The topological polar surface area (TPSA) is 76.1 Å². The number of rotatable bonds is 6. The third-order valence-corrected chi connectivity index (χ3v) is 2.94. The molecule has 0 aliphatic rings. The van der Waals surface area contributed by atoms with Gasteiger partial charge in [0.25, 0.3) is 0 Å². The molecule has 0 aromatic heterocycles. The van der Waals surface area contributed by atoms with E-state index in [0.29, 0.717) is 17.1 Å². The Kier molecular flexibility index (Phi) is 5.79. The summed E-state index contributed by atoms with van der Waals surface area (Å²) in [5, 5.41) is 9.26. The number of ether oxygens (including phenoxy) is 2. The molecular formula is C16H23NO5. The summed E-state index contributed by atoms with van der Waals surface area (Å²) in [6.07, 6.45) is -1.11. The molecule has 0 atom stereocenters. The molecule has 1 aromatic carbocycles. The van der Waals surface area contributed by atoms with E-state index in [1.54, 1.807) is 18.2 Å². The Morgan fingerprint density at radius 2 is 1.59 bits per heavy atom. The first kappa shape index (κ1) is 17.8. The molecule has 0 saturated carbocycles. The first-order chi connectivity index (χ1) is 10.2. The zero-order chi connectivity index (χ0) is 16.9. The average Bonchev–Trinajstić information content (AvgIpc) is 2.44. The van der Waals surface area contributed by atoms with E-state index in [-0.39, 0.29) is 24.3 Å². The van der Waals surface area contributed by atoms with Gasteiger partial charge in [-0.05, 0) is 17.5 Å². The highest BCUT2D eigenvalue weighted by Gasteiger charge is 2.23. The lowest BCUT2D eigenvalue weighted by Crippen LogP contribution is -2.40. The molecule has 0 saturated heterocycles. The second-order valence-electron chi connectivity index (χ2n) is 6.22. The summed E-state index contributed by atoms with van der Waals surface area (Å²) in [6.45, 7) is 5.82. The van der Waals surface area contributed by atoms with E-state index >= 15 is 0 Å². The second-order valence-corrected chi connectivity index (χ2v) is 6.22. The minimum atomic E-state index is -1.11. The Hall–Kier alpha value is -2.24. The third kappa shape index (κ3) is 5.27. The van der Waals surface area contributed by atoms with Crippen LogP contribution in [0.15, 0.2) is 18.2 Å². The van der Waals surface area contributed by atoms with Gasteiger partial charge in [0.15, 0.2) is 5.78 Å². The van der Waals surface area contributed by atoms with E-state index in [0.717, 1.165) is 4.90 Å². The Balaban J connectivity index is 2.97. The SMILES string of the molecule is COc1cc(OC)cc(C(=O)CN(CC(C)(C)C)C(=O)O)c1. The van der Waals surface area contributed by atoms with Gasteiger partial charge in [-0.3, -0.25) is 4.79 Å². The molecule has 6 nitrogen and oxygen atoms in total. The highest BCUT2D eigenvalue weighted by molar-refractivity contribution is 5.99. The number of Topliss-reactive ketones (excluding diaryl/α,β-unsaturated/α-hetero) is 1. The van der Waals surface area contributed by atoms with Gasteiger partial charge >= 0.3 is 6.09 Å². The molecule has 0 unspecified atom stereocenters. The smallest absolute Gasteiger partial charge is 0.407 e. The summed E-state index contributed by atoms with van der Waals surface area (Å²) in [5.74, 6) is 0.671. The number of carboxylic acid groups (broad SMARTS) is 1. The van der Waals surface area contributed by atoms with Gasteiger partial charge in [-0.25, -0.2) is 4.79 Å². The molecule has 0 heterocycles. The van der Waals surface area contributed by atoms with Crippen molar-refractivity contribution in [3.8, 4) is 11.5 Å². The van der Waals surface area contributed by atoms with Crippen LogP contribution < -0.4 is 9.47 Å². The minimum absolute atomic E-state index is 0.205. The van der Waals surface area contributed by atoms with Crippen LogP contribution in [0.3, 0.4) is 0 Å². The number of carbonyl (C=O) groups is 2. The van der Waals surface area contributed by atoms with Gasteiger partial charge in [0.1, 0.15) is 11.5 Å². The first-order valence-electron chi connectivity index (χ1n) is 6.90. The normalized spacial score (nSPS) is 11.0. The molecule has 22 heavy (non-hydrogen) atoms. The molecule has 1 amide bonds. The van der Waals surface area contributed by atoms with E-state index in [4.69, 9.17) is 9.47 Å². The van der Waals surface area contributed by atoms with Gasteiger partial charge in [0.05, 0.1) is 20.8 Å². The Labute approximate surface area is 130 Å². The predicted molar refractivity (Wildman–Crippen MR) is 82.9 cm³/mol. The number of nitrogens with zero attached hydrogens (tertiary/aromatic N) is 1. The lowest BCUT2D eigenvalue weighted by atomic mass is 9.96. The fourth-order valence-electron chi connectivity index (χ4n) is 2.00. The number of methoxy groups -OCH3 is 2. The zero-order valence-electron chi connectivity index (χ0n) is 13.7. The summed E-state index contributed by atoms with van der Waals surface area (Å²) in [6, 6.07) is 4.80. The van der Waals surface area contributed by atoms with Crippen LogP contribution in [-0.2, 0) is 0 Å². The van der Waals surface area contributed by atoms with Crippen molar-refractivity contribution in [2.75, 3.05) is 27.3 Å². The fourth-order valence-corrected chi connectivity index (χ4v) is 2.00. The maximum absolute atomic E-state index is 12.4. The quantitative estimate of drug-likeness (QED) is 0.818. The Morgan fingerprint density at radius 3 is 1.95 bits per heavy atom. The van der Waals surface area contributed by atoms with E-state index in [1.807, 2.05) is 20.8 Å². The summed E-state index contributed by atoms with van der Waals surface area (Å²) in [5.41, 5.74) is 0.126. The van der Waals surface area contributed by atoms with E-state index in [2.05, 4.69) is 0 Å². The predicted octanol–water partition coefficient (Wildman–Crippen LogP) is 2.91. The van der Waals surface area contributed by atoms with Crippen molar-refractivity contribution in [2.45, 2.75) is 20.8 Å². The molecule has 6 heteroatoms. The van der Waals surface area contributed by atoms with Crippen LogP contribution in [0.1, 0.15) is 31.1 Å². The molecule has 0 spiro atoms. The van der Waals surface area contributed by atoms with Crippen LogP contribution in [0, 0.1) is 5.41 Å². The molecule has 0 bridgehead atoms. The number of amides is 1. The van der Waals surface area contributed by atoms with E-state index in [1.165, 1.54) is 14.2 Å². The lowest BCUT2D eigenvalue weighted by Gasteiger charge is -2.27. The van der Waals surface area contributed by atoms with Crippen molar-refractivity contribution in [3.05, 3.63) is 23.8 Å². The number of ketones is 1. The van der Waals surface area contributed by atoms with Gasteiger partial charge in [0.2, 0.25) is 0 Å². The van der Waals surface area contributed by atoms with Crippen LogP contribution in [0.4, 0.5) is 4.79 Å². The molecule has 0 aliphatic carbocycles. The minimum Gasteiger partial charge on any atom is -0.497 e. The van der Waals surface area contributed by atoms with E-state index < -0.39 is 6.09 Å². The van der Waals surface area contributed by atoms with Gasteiger partial charge in [0, 0.05) is 18.2 Å². The molecular weight excluding hydrogens is 286 g/mol. The maximum atomic E-state index is 12.4. The van der Waals surface area contributed by atoms with Crippen LogP contribution in [0.5, 0.6) is 11.5 Å². The summed E-state index contributed by atoms with van der Waals surface area (Å²) in [4.78, 5) is 24.8. The average molecular weight is 309 g/mol. The van der Waals surface area contributed by atoms with Crippen molar-refractivity contribution >= 4 is 11.9 Å². The fraction of sp³-hybridized carbons (Fsp3) is 0.500. The van der Waals surface area contributed by atoms with Crippen molar-refractivity contribution in [1.82, 2.24) is 4.90 Å². The first-order valence-corrected chi connectivity index (χ1v) is 6.90. The van der Waals surface area contributed by atoms with Crippen molar-refractivity contribution in [1.29, 1.82) is 0 Å². The van der Waals surface area contributed by atoms with Gasteiger partial charge in [-0.1, -0.05) is 20.8 Å². The second kappa shape index (κ2) is 7.15. The van der Waals surface area contributed by atoms with Gasteiger partial charge < -0.3 is 19.5 Å². The van der Waals surface area contributed by atoms with Crippen LogP contribution in [-0.4, -0.2) is 49.2 Å². The van der Waals surface area contributed by atoms with Crippen LogP contribution in [0.2, 0.25) is 0 Å². The standard InChI is InChI=1S/C16H23NO5/c1-16(2,3)10-17(15(19)20)9-14(18)11-6-12(21-4)8-13(7-11)22-5/h6-8H,9-10H2,1-5H3,(H,19,20). The highest BCUT2D eigenvalue weighted by Crippen LogP contribution is 2.23. The molecule has 0 fully saturated rings. The number of hydrogen-bond acceptors (Lipinski definition) is 4. The third-order valence-electron chi connectivity index (χ3n) is 2.94. The molecule has 0 aliphatic heterocycles. The van der Waals surface area contributed by atoms with Gasteiger partial charge in [-0.15, -0.1) is 0 Å². The molecule has 1 aromatic rings. The summed E-state index contributed by atoms with van der Waals surface area (Å²) in [7, 11) is 2.98. The van der Waals surface area contributed by atoms with Crippen LogP contribution >= 0.6 is 0 Å². The lowest BCUT2D eigenvalue weighted by molar-refractivity contribution is 0.0868. The van der Waals surface area contributed by atoms with Crippen molar-refractivity contribution < 1.29 is 24.2 Å². The summed E-state index contributed by atoms with van der Waals surface area (Å²) < 4.78 is 10.2. The van der Waals surface area contributed by atoms with Gasteiger partial charge in [-0.2, -0.15) is 0 Å². The molecule has 122 valence electrons. The largest absolute Gasteiger partial charge is 0.497 e. The Morgan fingerprint density at radius 1 is 1.09 bits per heavy atom.